The van der Waals surface area contributed by atoms with Crippen molar-refractivity contribution in [2.75, 3.05) is 26.7 Å². The lowest BCUT2D eigenvalue weighted by Gasteiger charge is -2.33. The van der Waals surface area contributed by atoms with Crippen LogP contribution in [0.25, 0.3) is 0 Å². The molecule has 0 N–H and O–H groups in total. The highest BCUT2D eigenvalue weighted by Gasteiger charge is 2.27. The van der Waals surface area contributed by atoms with Crippen LogP contribution in [0, 0.1) is 12.8 Å². The summed E-state index contributed by atoms with van der Waals surface area (Å²) in [6.45, 7) is 4.06. The van der Waals surface area contributed by atoms with Gasteiger partial charge in [-0.3, -0.25) is 19.3 Å². The van der Waals surface area contributed by atoms with Gasteiger partial charge in [-0.25, -0.2) is 0 Å². The Balaban J connectivity index is 1.45. The van der Waals surface area contributed by atoms with Crippen molar-refractivity contribution >= 4 is 11.8 Å². The summed E-state index contributed by atoms with van der Waals surface area (Å²) in [6.07, 6.45) is 5.94. The number of rotatable bonds is 7. The molecule has 2 aromatic heterocycles. The Labute approximate surface area is 172 Å². The number of hydrogen-bond acceptors (Lipinski definition) is 4. The number of carbonyl (C=O) groups excluding carboxylic acids is 2. The topological polar surface area (TPSA) is 71.3 Å². The van der Waals surface area contributed by atoms with Crippen LogP contribution in [0.3, 0.4) is 0 Å². The van der Waals surface area contributed by atoms with E-state index in [9.17, 15) is 9.59 Å². The molecule has 0 aromatic carbocycles. The highest BCUT2D eigenvalue weighted by molar-refractivity contribution is 5.92. The van der Waals surface area contributed by atoms with E-state index in [1.54, 1.807) is 22.8 Å². The van der Waals surface area contributed by atoms with Gasteiger partial charge < -0.3 is 9.80 Å². The molecule has 2 amide bonds. The van der Waals surface area contributed by atoms with Crippen LogP contribution < -0.4 is 0 Å². The molecule has 0 radical (unpaired) electrons. The maximum atomic E-state index is 12.8. The van der Waals surface area contributed by atoms with Gasteiger partial charge in [0.1, 0.15) is 5.69 Å². The van der Waals surface area contributed by atoms with Crippen molar-refractivity contribution in [1.82, 2.24) is 24.6 Å². The number of amides is 2. The Morgan fingerprint density at radius 3 is 2.83 bits per heavy atom. The van der Waals surface area contributed by atoms with Gasteiger partial charge in [-0.2, -0.15) is 5.10 Å². The average Bonchev–Trinajstić information content (AvgIpc) is 3.08. The van der Waals surface area contributed by atoms with E-state index in [1.165, 1.54) is 0 Å². The van der Waals surface area contributed by atoms with Crippen LogP contribution in [0.5, 0.6) is 0 Å². The summed E-state index contributed by atoms with van der Waals surface area (Å²) < 4.78 is 1.65. The SMILES string of the molecule is Cc1cc(C(=O)N2CCCC(CCC(=O)N(C)CCc3ccccn3)C2)n(C)n1. The van der Waals surface area contributed by atoms with E-state index >= 15 is 0 Å². The normalized spacial score (nSPS) is 16.7. The second-order valence-electron chi connectivity index (χ2n) is 7.98. The largest absolute Gasteiger partial charge is 0.345 e. The predicted molar refractivity (Wildman–Crippen MR) is 111 cm³/mol. The summed E-state index contributed by atoms with van der Waals surface area (Å²) in [5, 5.41) is 4.28. The molecule has 0 saturated carbocycles. The molecule has 2 aromatic rings. The molecule has 7 nitrogen and oxygen atoms in total. The van der Waals surface area contributed by atoms with Gasteiger partial charge in [0, 0.05) is 58.5 Å². The molecule has 1 fully saturated rings. The minimum Gasteiger partial charge on any atom is -0.345 e. The molecule has 1 aliphatic heterocycles. The summed E-state index contributed by atoms with van der Waals surface area (Å²) in [7, 11) is 3.66. The number of piperidine rings is 1. The van der Waals surface area contributed by atoms with Gasteiger partial charge in [0.15, 0.2) is 0 Å². The third-order valence-corrected chi connectivity index (χ3v) is 5.65. The minimum atomic E-state index is 0.0385. The first-order valence-corrected chi connectivity index (χ1v) is 10.4. The Morgan fingerprint density at radius 1 is 1.31 bits per heavy atom. The highest BCUT2D eigenvalue weighted by atomic mass is 16.2. The number of hydrogen-bond donors (Lipinski definition) is 0. The molecule has 1 unspecified atom stereocenters. The average molecular weight is 398 g/mol. The van der Waals surface area contributed by atoms with Gasteiger partial charge in [0.25, 0.3) is 5.91 Å². The maximum Gasteiger partial charge on any atom is 0.272 e. The van der Waals surface area contributed by atoms with E-state index in [-0.39, 0.29) is 11.8 Å². The molecular formula is C22H31N5O2. The smallest absolute Gasteiger partial charge is 0.272 e. The number of likely N-dealkylation sites (N-methyl/N-ethyl adjacent to an activating group) is 1. The molecule has 0 spiro atoms. The summed E-state index contributed by atoms with van der Waals surface area (Å²) in [5.74, 6) is 0.568. The standard InChI is InChI=1S/C22H31N5O2/c1-17-15-20(26(3)24-17)22(29)27-13-6-7-18(16-27)9-10-21(28)25(2)14-11-19-8-4-5-12-23-19/h4-5,8,12,15,18H,6-7,9-11,13-14,16H2,1-3H3. The Morgan fingerprint density at radius 2 is 2.14 bits per heavy atom. The lowest BCUT2D eigenvalue weighted by Crippen LogP contribution is -2.41. The van der Waals surface area contributed by atoms with Crippen LogP contribution in [0.2, 0.25) is 0 Å². The number of pyridine rings is 1. The quantitative estimate of drug-likeness (QED) is 0.720. The van der Waals surface area contributed by atoms with Crippen LogP contribution in [0.4, 0.5) is 0 Å². The molecule has 29 heavy (non-hydrogen) atoms. The molecule has 7 heteroatoms. The molecule has 156 valence electrons. The van der Waals surface area contributed by atoms with Gasteiger partial charge in [0.05, 0.1) is 5.69 Å². The minimum absolute atomic E-state index is 0.0385. The van der Waals surface area contributed by atoms with Crippen molar-refractivity contribution in [2.24, 2.45) is 13.0 Å². The summed E-state index contributed by atoms with van der Waals surface area (Å²) in [6, 6.07) is 7.68. The molecule has 1 atom stereocenters. The van der Waals surface area contributed by atoms with Gasteiger partial charge in [-0.05, 0) is 50.3 Å². The number of likely N-dealkylation sites (tertiary alicyclic amines) is 1. The fraction of sp³-hybridized carbons (Fsp3) is 0.545. The Bertz CT molecular complexity index is 833. The summed E-state index contributed by atoms with van der Waals surface area (Å²) >= 11 is 0. The van der Waals surface area contributed by atoms with Gasteiger partial charge in [0.2, 0.25) is 5.91 Å². The Hall–Kier alpha value is -2.70. The highest BCUT2D eigenvalue weighted by Crippen LogP contribution is 2.23. The lowest BCUT2D eigenvalue weighted by atomic mass is 9.93. The number of aromatic nitrogens is 3. The fourth-order valence-corrected chi connectivity index (χ4v) is 3.93. The maximum absolute atomic E-state index is 12.8. The van der Waals surface area contributed by atoms with Crippen LogP contribution in [-0.2, 0) is 18.3 Å². The van der Waals surface area contributed by atoms with E-state index in [1.807, 2.05) is 43.1 Å². The summed E-state index contributed by atoms with van der Waals surface area (Å²) in [5.41, 5.74) is 2.48. The van der Waals surface area contributed by atoms with Gasteiger partial charge >= 0.3 is 0 Å². The number of nitrogens with zero attached hydrogens (tertiary/aromatic N) is 5. The van der Waals surface area contributed by atoms with Crippen molar-refractivity contribution in [3.8, 4) is 0 Å². The van der Waals surface area contributed by atoms with Crippen molar-refractivity contribution < 1.29 is 9.59 Å². The van der Waals surface area contributed by atoms with Crippen LogP contribution in [0.1, 0.15) is 47.6 Å². The van der Waals surface area contributed by atoms with Crippen LogP contribution in [-0.4, -0.2) is 63.1 Å². The molecule has 0 bridgehead atoms. The van der Waals surface area contributed by atoms with Crippen LogP contribution in [0.15, 0.2) is 30.5 Å². The molecule has 1 aliphatic rings. The first kappa shape index (κ1) is 21.0. The molecule has 3 heterocycles. The second kappa shape index (κ2) is 9.67. The third-order valence-electron chi connectivity index (χ3n) is 5.65. The van der Waals surface area contributed by atoms with E-state index < -0.39 is 0 Å². The van der Waals surface area contributed by atoms with E-state index in [0.29, 0.717) is 31.1 Å². The molecule has 0 aliphatic carbocycles. The number of carbonyl (C=O) groups is 2. The van der Waals surface area contributed by atoms with Gasteiger partial charge in [-0.1, -0.05) is 6.07 Å². The Kier molecular flexibility index (Phi) is 7.01. The predicted octanol–water partition coefficient (Wildman–Crippen LogP) is 2.46. The molecule has 1 saturated heterocycles. The van der Waals surface area contributed by atoms with Crippen molar-refractivity contribution in [3.05, 3.63) is 47.5 Å². The first-order chi connectivity index (χ1) is 13.9. The van der Waals surface area contributed by atoms with Crippen LogP contribution >= 0.6 is 0 Å². The lowest BCUT2D eigenvalue weighted by molar-refractivity contribution is -0.130. The van der Waals surface area contributed by atoms with Crippen molar-refractivity contribution in [3.63, 3.8) is 0 Å². The number of aryl methyl sites for hydroxylation is 2. The van der Waals surface area contributed by atoms with E-state index in [4.69, 9.17) is 0 Å². The van der Waals surface area contributed by atoms with E-state index in [0.717, 1.165) is 43.6 Å². The van der Waals surface area contributed by atoms with Crippen molar-refractivity contribution in [1.29, 1.82) is 0 Å². The fourth-order valence-electron chi connectivity index (χ4n) is 3.93. The van der Waals surface area contributed by atoms with Gasteiger partial charge in [-0.15, -0.1) is 0 Å². The molecule has 3 rings (SSSR count). The molecular weight excluding hydrogens is 366 g/mol. The third kappa shape index (κ3) is 5.65. The zero-order valence-electron chi connectivity index (χ0n) is 17.7. The summed E-state index contributed by atoms with van der Waals surface area (Å²) in [4.78, 5) is 33.3. The zero-order valence-corrected chi connectivity index (χ0v) is 17.7. The second-order valence-corrected chi connectivity index (χ2v) is 7.98. The van der Waals surface area contributed by atoms with Crippen molar-refractivity contribution in [2.45, 2.75) is 39.0 Å². The monoisotopic (exact) mass is 397 g/mol. The van der Waals surface area contributed by atoms with E-state index in [2.05, 4.69) is 10.1 Å². The first-order valence-electron chi connectivity index (χ1n) is 10.4. The zero-order chi connectivity index (χ0) is 20.8.